The van der Waals surface area contributed by atoms with Gasteiger partial charge in [0.25, 0.3) is 0 Å². The summed E-state index contributed by atoms with van der Waals surface area (Å²) in [5, 5.41) is 13.5. The van der Waals surface area contributed by atoms with E-state index in [9.17, 15) is 18.0 Å². The van der Waals surface area contributed by atoms with Crippen molar-refractivity contribution in [1.82, 2.24) is 19.7 Å². The minimum Gasteiger partial charge on any atom is -0.351 e. The molecule has 2 heterocycles. The molecule has 1 aliphatic carbocycles. The quantitative estimate of drug-likeness (QED) is 0.219. The fourth-order valence-corrected chi connectivity index (χ4v) is 5.23. The first-order valence-corrected chi connectivity index (χ1v) is 13.6. The van der Waals surface area contributed by atoms with Crippen molar-refractivity contribution in [2.75, 3.05) is 16.0 Å². The number of carbonyl (C=O) groups excluding carboxylic acids is 1. The molecule has 0 radical (unpaired) electrons. The van der Waals surface area contributed by atoms with Gasteiger partial charge in [-0.15, -0.1) is 0 Å². The number of benzene rings is 2. The predicted molar refractivity (Wildman–Crippen MR) is 154 cm³/mol. The van der Waals surface area contributed by atoms with Gasteiger partial charge >= 0.3 is 12.2 Å². The summed E-state index contributed by atoms with van der Waals surface area (Å²) in [4.78, 5) is 22.0. The maximum Gasteiger partial charge on any atom is 0.418 e. The molecule has 0 aliphatic heterocycles. The second-order valence-electron chi connectivity index (χ2n) is 10.5. The third kappa shape index (κ3) is 6.43. The van der Waals surface area contributed by atoms with Crippen LogP contribution >= 0.6 is 0 Å². The second kappa shape index (κ2) is 11.4. The summed E-state index contributed by atoms with van der Waals surface area (Å²) in [5.41, 5.74) is 8.82. The second-order valence-corrected chi connectivity index (χ2v) is 10.5. The van der Waals surface area contributed by atoms with E-state index in [4.69, 9.17) is 10.7 Å². The number of hydrogen-bond donors (Lipinski definition) is 4. The van der Waals surface area contributed by atoms with Crippen molar-refractivity contribution in [2.45, 2.75) is 64.2 Å². The molecule has 12 heteroatoms. The van der Waals surface area contributed by atoms with Gasteiger partial charge in [-0.25, -0.2) is 14.8 Å². The SMILES string of the molecule is CCc1cc(-c2cc(NC(=O)Nc3cc(C)ccc3C(F)(F)F)nn2C)cc2cnc(NC3CCC(N)CC3)nc12. The molecule has 2 aromatic heterocycles. The molecule has 0 atom stereocenters. The summed E-state index contributed by atoms with van der Waals surface area (Å²) < 4.78 is 41.8. The largest absolute Gasteiger partial charge is 0.418 e. The Labute approximate surface area is 235 Å². The molecular formula is C29H33F3N8O. The van der Waals surface area contributed by atoms with Crippen LogP contribution in [0.2, 0.25) is 0 Å². The molecule has 0 unspecified atom stereocenters. The number of nitrogens with two attached hydrogens (primary N) is 1. The van der Waals surface area contributed by atoms with Gasteiger partial charge in [0, 0.05) is 42.3 Å². The number of nitrogens with zero attached hydrogens (tertiary/aromatic N) is 4. The summed E-state index contributed by atoms with van der Waals surface area (Å²) in [6.07, 6.45) is 1.88. The molecule has 5 rings (SSSR count). The fraction of sp³-hybridized carbons (Fsp3) is 0.379. The van der Waals surface area contributed by atoms with Gasteiger partial charge in [-0.05, 0) is 74.4 Å². The monoisotopic (exact) mass is 566 g/mol. The molecule has 216 valence electrons. The van der Waals surface area contributed by atoms with E-state index in [1.54, 1.807) is 30.9 Å². The van der Waals surface area contributed by atoms with Crippen LogP contribution in [0.15, 0.2) is 42.6 Å². The van der Waals surface area contributed by atoms with Gasteiger partial charge < -0.3 is 16.4 Å². The Balaban J connectivity index is 1.35. The maximum absolute atomic E-state index is 13.4. The Hall–Kier alpha value is -4.19. The number of halogens is 3. The van der Waals surface area contributed by atoms with E-state index >= 15 is 0 Å². The van der Waals surface area contributed by atoms with Crippen LogP contribution in [0.5, 0.6) is 0 Å². The lowest BCUT2D eigenvalue weighted by molar-refractivity contribution is -0.136. The third-order valence-electron chi connectivity index (χ3n) is 7.39. The number of rotatable bonds is 6. The normalized spacial score (nSPS) is 17.4. The average Bonchev–Trinajstić information content (AvgIpc) is 3.28. The highest BCUT2D eigenvalue weighted by Crippen LogP contribution is 2.35. The van der Waals surface area contributed by atoms with Crippen LogP contribution in [-0.4, -0.2) is 37.9 Å². The highest BCUT2D eigenvalue weighted by Gasteiger charge is 2.34. The number of hydrogen-bond acceptors (Lipinski definition) is 6. The van der Waals surface area contributed by atoms with Crippen LogP contribution in [0.3, 0.4) is 0 Å². The molecule has 0 saturated heterocycles. The Kier molecular flexibility index (Phi) is 7.85. The number of fused-ring (bicyclic) bond motifs is 1. The van der Waals surface area contributed by atoms with Crippen molar-refractivity contribution in [3.63, 3.8) is 0 Å². The minimum atomic E-state index is -4.61. The zero-order valence-corrected chi connectivity index (χ0v) is 23.1. The van der Waals surface area contributed by atoms with Crippen molar-refractivity contribution in [3.05, 3.63) is 59.3 Å². The van der Waals surface area contributed by atoms with E-state index in [0.717, 1.165) is 60.2 Å². The van der Waals surface area contributed by atoms with Gasteiger partial charge in [0.15, 0.2) is 5.82 Å². The number of aryl methyl sites for hydroxylation is 3. The molecule has 0 bridgehead atoms. The summed E-state index contributed by atoms with van der Waals surface area (Å²) >= 11 is 0. The van der Waals surface area contributed by atoms with Crippen molar-refractivity contribution < 1.29 is 18.0 Å². The molecule has 4 aromatic rings. The highest BCUT2D eigenvalue weighted by molar-refractivity contribution is 6.00. The highest BCUT2D eigenvalue weighted by atomic mass is 19.4. The maximum atomic E-state index is 13.4. The van der Waals surface area contributed by atoms with Crippen LogP contribution < -0.4 is 21.7 Å². The van der Waals surface area contributed by atoms with E-state index in [2.05, 4.69) is 33.0 Å². The van der Waals surface area contributed by atoms with Crippen molar-refractivity contribution in [2.24, 2.45) is 12.8 Å². The molecule has 41 heavy (non-hydrogen) atoms. The summed E-state index contributed by atoms with van der Waals surface area (Å²) in [6.45, 7) is 3.70. The van der Waals surface area contributed by atoms with Gasteiger partial charge in [-0.2, -0.15) is 18.3 Å². The molecule has 1 saturated carbocycles. The van der Waals surface area contributed by atoms with E-state index < -0.39 is 17.8 Å². The fourth-order valence-electron chi connectivity index (χ4n) is 5.23. The third-order valence-corrected chi connectivity index (χ3v) is 7.39. The smallest absolute Gasteiger partial charge is 0.351 e. The Morgan fingerprint density at radius 2 is 1.85 bits per heavy atom. The summed E-state index contributed by atoms with van der Waals surface area (Å²) in [7, 11) is 1.73. The predicted octanol–water partition coefficient (Wildman–Crippen LogP) is 6.25. The molecule has 5 N–H and O–H groups in total. The Morgan fingerprint density at radius 3 is 2.56 bits per heavy atom. The standard InChI is InChI=1S/C29H33F3N8O/c1-4-17-12-18(13-19-15-34-27(38-26(17)19)35-21-8-6-20(33)7-9-21)24-14-25(39-40(24)3)37-28(41)36-23-11-16(2)5-10-22(23)29(30,31)32/h5,10-15,20-21H,4,6-9,33H2,1-3H3,(H,34,35,38)(H2,36,37,39,41). The first kappa shape index (κ1) is 28.3. The number of alkyl halides is 3. The van der Waals surface area contributed by atoms with Crippen molar-refractivity contribution >= 4 is 34.4 Å². The Morgan fingerprint density at radius 1 is 1.10 bits per heavy atom. The van der Waals surface area contributed by atoms with Crippen molar-refractivity contribution in [1.29, 1.82) is 0 Å². The Bertz CT molecular complexity index is 1570. The van der Waals surface area contributed by atoms with Gasteiger partial charge in [-0.3, -0.25) is 10.00 Å². The number of aromatic nitrogens is 4. The van der Waals surface area contributed by atoms with Gasteiger partial charge in [0.2, 0.25) is 5.95 Å². The van der Waals surface area contributed by atoms with Gasteiger partial charge in [0.05, 0.1) is 22.5 Å². The van der Waals surface area contributed by atoms with E-state index in [-0.39, 0.29) is 17.5 Å². The zero-order valence-electron chi connectivity index (χ0n) is 23.1. The molecule has 1 fully saturated rings. The van der Waals surface area contributed by atoms with Crippen LogP contribution in [0.1, 0.15) is 49.3 Å². The van der Waals surface area contributed by atoms with Crippen LogP contribution in [-0.2, 0) is 19.6 Å². The van der Waals surface area contributed by atoms with Crippen molar-refractivity contribution in [3.8, 4) is 11.3 Å². The lowest BCUT2D eigenvalue weighted by Gasteiger charge is -2.26. The number of urea groups is 1. The minimum absolute atomic E-state index is 0.197. The summed E-state index contributed by atoms with van der Waals surface area (Å²) in [6, 6.07) is 8.98. The number of carbonyl (C=O) groups is 1. The zero-order chi connectivity index (χ0) is 29.3. The first-order chi connectivity index (χ1) is 19.5. The number of anilines is 3. The van der Waals surface area contributed by atoms with Crippen LogP contribution in [0.4, 0.5) is 35.4 Å². The van der Waals surface area contributed by atoms with E-state index in [1.807, 2.05) is 12.1 Å². The molecular weight excluding hydrogens is 533 g/mol. The van der Waals surface area contributed by atoms with E-state index in [0.29, 0.717) is 23.2 Å². The van der Waals surface area contributed by atoms with Crippen LogP contribution in [0, 0.1) is 6.92 Å². The molecule has 2 amide bonds. The topological polar surface area (TPSA) is 123 Å². The van der Waals surface area contributed by atoms with Crippen LogP contribution in [0.25, 0.3) is 22.2 Å². The lowest BCUT2D eigenvalue weighted by Crippen LogP contribution is -2.33. The molecule has 2 aromatic carbocycles. The summed E-state index contributed by atoms with van der Waals surface area (Å²) in [5.74, 6) is 0.795. The first-order valence-electron chi connectivity index (χ1n) is 13.6. The number of nitrogens with one attached hydrogen (secondary N) is 3. The average molecular weight is 567 g/mol. The molecule has 0 spiro atoms. The number of amides is 2. The van der Waals surface area contributed by atoms with Gasteiger partial charge in [-0.1, -0.05) is 13.0 Å². The molecule has 1 aliphatic rings. The van der Waals surface area contributed by atoms with Gasteiger partial charge in [0.1, 0.15) is 0 Å². The lowest BCUT2D eigenvalue weighted by atomic mass is 9.92. The molecule has 9 nitrogen and oxygen atoms in total. The van der Waals surface area contributed by atoms with E-state index in [1.165, 1.54) is 12.1 Å².